The van der Waals surface area contributed by atoms with E-state index in [0.717, 1.165) is 6.26 Å². The third-order valence-corrected chi connectivity index (χ3v) is 1.68. The molecule has 7 nitrogen and oxygen atoms in total. The molecule has 2 heterocycles. The van der Waals surface area contributed by atoms with E-state index in [2.05, 4.69) is 15.4 Å². The standard InChI is InChI=1S/C8H8N4O3/c1-12-3-5(2-9-12)10-8-11-6(4-15-8)7(13)14/h2-4H,1H3,(H,10,11)(H,13,14). The second-order valence-corrected chi connectivity index (χ2v) is 2.87. The minimum atomic E-state index is -1.13. The lowest BCUT2D eigenvalue weighted by Crippen LogP contribution is -1.96. The third-order valence-electron chi connectivity index (χ3n) is 1.68. The Labute approximate surface area is 84.3 Å². The number of anilines is 2. The fraction of sp³-hybridized carbons (Fsp3) is 0.125. The highest BCUT2D eigenvalue weighted by Crippen LogP contribution is 2.14. The Hall–Kier alpha value is -2.31. The molecular weight excluding hydrogens is 200 g/mol. The summed E-state index contributed by atoms with van der Waals surface area (Å²) in [6, 6.07) is 0.125. The van der Waals surface area contributed by atoms with E-state index in [4.69, 9.17) is 9.52 Å². The number of aromatic nitrogens is 3. The highest BCUT2D eigenvalue weighted by Gasteiger charge is 2.10. The van der Waals surface area contributed by atoms with Gasteiger partial charge in [-0.15, -0.1) is 0 Å². The predicted octanol–water partition coefficient (Wildman–Crippen LogP) is 0.850. The van der Waals surface area contributed by atoms with Crippen LogP contribution >= 0.6 is 0 Å². The summed E-state index contributed by atoms with van der Waals surface area (Å²) in [6.45, 7) is 0. The lowest BCUT2D eigenvalue weighted by atomic mass is 10.5. The summed E-state index contributed by atoms with van der Waals surface area (Å²) in [5.74, 6) is -1.13. The second-order valence-electron chi connectivity index (χ2n) is 2.87. The van der Waals surface area contributed by atoms with Crippen molar-refractivity contribution in [2.75, 3.05) is 5.32 Å². The Morgan fingerprint density at radius 1 is 1.67 bits per heavy atom. The molecular formula is C8H8N4O3. The van der Waals surface area contributed by atoms with Crippen molar-refractivity contribution in [1.82, 2.24) is 14.8 Å². The van der Waals surface area contributed by atoms with E-state index in [0.29, 0.717) is 5.69 Å². The molecule has 0 saturated heterocycles. The molecule has 0 radical (unpaired) electrons. The minimum absolute atomic E-state index is 0.125. The topological polar surface area (TPSA) is 93.2 Å². The molecule has 0 atom stereocenters. The molecule has 0 saturated carbocycles. The maximum Gasteiger partial charge on any atom is 0.357 e. The van der Waals surface area contributed by atoms with Gasteiger partial charge in [-0.05, 0) is 0 Å². The molecule has 2 aromatic rings. The van der Waals surface area contributed by atoms with Crippen molar-refractivity contribution in [3.8, 4) is 0 Å². The number of nitrogens with one attached hydrogen (secondary N) is 1. The van der Waals surface area contributed by atoms with E-state index < -0.39 is 5.97 Å². The van der Waals surface area contributed by atoms with Gasteiger partial charge >= 0.3 is 5.97 Å². The average Bonchev–Trinajstić information content (AvgIpc) is 2.76. The van der Waals surface area contributed by atoms with Crippen molar-refractivity contribution in [2.45, 2.75) is 0 Å². The Morgan fingerprint density at radius 2 is 2.47 bits per heavy atom. The second kappa shape index (κ2) is 3.45. The van der Waals surface area contributed by atoms with Crippen LogP contribution in [0.3, 0.4) is 0 Å². The summed E-state index contributed by atoms with van der Waals surface area (Å²) >= 11 is 0. The monoisotopic (exact) mass is 208 g/mol. The zero-order valence-electron chi connectivity index (χ0n) is 7.84. The molecule has 0 aliphatic heterocycles. The van der Waals surface area contributed by atoms with Gasteiger partial charge in [-0.2, -0.15) is 10.1 Å². The molecule has 0 aliphatic rings. The first-order valence-corrected chi connectivity index (χ1v) is 4.09. The number of nitrogens with zero attached hydrogens (tertiary/aromatic N) is 3. The maximum absolute atomic E-state index is 10.5. The molecule has 0 unspecified atom stereocenters. The molecule has 0 aliphatic carbocycles. The molecule has 15 heavy (non-hydrogen) atoms. The Morgan fingerprint density at radius 3 is 3.00 bits per heavy atom. The summed E-state index contributed by atoms with van der Waals surface area (Å²) in [7, 11) is 1.77. The van der Waals surface area contributed by atoms with Crippen molar-refractivity contribution in [3.05, 3.63) is 24.4 Å². The molecule has 78 valence electrons. The Bertz CT molecular complexity index is 488. The number of carbonyl (C=O) groups is 1. The third kappa shape index (κ3) is 1.96. The van der Waals surface area contributed by atoms with Crippen molar-refractivity contribution in [2.24, 2.45) is 7.05 Å². The summed E-state index contributed by atoms with van der Waals surface area (Å²) < 4.78 is 6.50. The fourth-order valence-corrected chi connectivity index (χ4v) is 1.04. The van der Waals surface area contributed by atoms with Gasteiger partial charge in [0.05, 0.1) is 11.9 Å². The zero-order chi connectivity index (χ0) is 10.8. The Balaban J connectivity index is 2.14. The number of aryl methyl sites for hydroxylation is 1. The highest BCUT2D eigenvalue weighted by atomic mass is 16.4. The van der Waals surface area contributed by atoms with Crippen LogP contribution in [0.4, 0.5) is 11.7 Å². The summed E-state index contributed by atoms with van der Waals surface area (Å²) in [5.41, 5.74) is 0.540. The first kappa shape index (κ1) is 9.25. The van der Waals surface area contributed by atoms with Gasteiger partial charge < -0.3 is 14.8 Å². The van der Waals surface area contributed by atoms with Crippen LogP contribution in [0.5, 0.6) is 0 Å². The lowest BCUT2D eigenvalue weighted by Gasteiger charge is -1.93. The van der Waals surface area contributed by atoms with Gasteiger partial charge in [0, 0.05) is 13.2 Å². The number of carboxylic acid groups (broad SMARTS) is 1. The quantitative estimate of drug-likeness (QED) is 0.776. The zero-order valence-corrected chi connectivity index (χ0v) is 7.84. The van der Waals surface area contributed by atoms with Crippen LogP contribution in [-0.2, 0) is 7.05 Å². The van der Waals surface area contributed by atoms with E-state index in [-0.39, 0.29) is 11.7 Å². The van der Waals surface area contributed by atoms with Gasteiger partial charge in [0.2, 0.25) is 0 Å². The van der Waals surface area contributed by atoms with Gasteiger partial charge in [-0.1, -0.05) is 0 Å². The van der Waals surface area contributed by atoms with E-state index in [1.165, 1.54) is 0 Å². The summed E-state index contributed by atoms with van der Waals surface area (Å²) in [5, 5.41) is 15.3. The molecule has 0 spiro atoms. The number of oxazole rings is 1. The van der Waals surface area contributed by atoms with Crippen LogP contribution in [0.15, 0.2) is 23.1 Å². The number of carboxylic acids is 1. The normalized spacial score (nSPS) is 10.2. The minimum Gasteiger partial charge on any atom is -0.476 e. The van der Waals surface area contributed by atoms with Gasteiger partial charge in [-0.25, -0.2) is 4.79 Å². The van der Waals surface area contributed by atoms with E-state index >= 15 is 0 Å². The number of rotatable bonds is 3. The van der Waals surface area contributed by atoms with Crippen LogP contribution in [0, 0.1) is 0 Å². The molecule has 0 aromatic carbocycles. The lowest BCUT2D eigenvalue weighted by molar-refractivity contribution is 0.0690. The largest absolute Gasteiger partial charge is 0.476 e. The first-order valence-electron chi connectivity index (χ1n) is 4.09. The maximum atomic E-state index is 10.5. The highest BCUT2D eigenvalue weighted by molar-refractivity contribution is 5.85. The molecule has 0 amide bonds. The smallest absolute Gasteiger partial charge is 0.357 e. The molecule has 2 aromatic heterocycles. The van der Waals surface area contributed by atoms with Crippen LogP contribution < -0.4 is 5.32 Å². The van der Waals surface area contributed by atoms with E-state index in [1.807, 2.05) is 0 Å². The van der Waals surface area contributed by atoms with Crippen LogP contribution in [0.25, 0.3) is 0 Å². The number of hydrogen-bond donors (Lipinski definition) is 2. The van der Waals surface area contributed by atoms with Crippen molar-refractivity contribution in [1.29, 1.82) is 0 Å². The van der Waals surface area contributed by atoms with Gasteiger partial charge in [0.25, 0.3) is 6.01 Å². The summed E-state index contributed by atoms with van der Waals surface area (Å²) in [6.07, 6.45) is 4.36. The SMILES string of the molecule is Cn1cc(Nc2nc(C(=O)O)co2)cn1. The first-order chi connectivity index (χ1) is 7.15. The van der Waals surface area contributed by atoms with Gasteiger partial charge in [0.15, 0.2) is 5.69 Å². The van der Waals surface area contributed by atoms with Gasteiger partial charge in [0.1, 0.15) is 6.26 Å². The fourth-order valence-electron chi connectivity index (χ4n) is 1.04. The van der Waals surface area contributed by atoms with Gasteiger partial charge in [-0.3, -0.25) is 4.68 Å². The van der Waals surface area contributed by atoms with Crippen molar-refractivity contribution >= 4 is 17.7 Å². The van der Waals surface area contributed by atoms with E-state index in [1.54, 1.807) is 24.1 Å². The van der Waals surface area contributed by atoms with E-state index in [9.17, 15) is 4.79 Å². The molecule has 2 rings (SSSR count). The molecule has 7 heteroatoms. The average molecular weight is 208 g/mol. The number of hydrogen-bond acceptors (Lipinski definition) is 5. The van der Waals surface area contributed by atoms with Crippen LogP contribution in [0.2, 0.25) is 0 Å². The van der Waals surface area contributed by atoms with Crippen LogP contribution in [-0.4, -0.2) is 25.8 Å². The molecule has 0 fully saturated rings. The predicted molar refractivity (Wildman–Crippen MR) is 50.0 cm³/mol. The molecule has 2 N–H and O–H groups in total. The number of aromatic carboxylic acids is 1. The Kier molecular flexibility index (Phi) is 2.13. The van der Waals surface area contributed by atoms with Crippen LogP contribution in [0.1, 0.15) is 10.5 Å². The van der Waals surface area contributed by atoms with Crippen molar-refractivity contribution < 1.29 is 14.3 Å². The summed E-state index contributed by atoms with van der Waals surface area (Å²) in [4.78, 5) is 14.2. The van der Waals surface area contributed by atoms with Crippen molar-refractivity contribution in [3.63, 3.8) is 0 Å². The molecule has 0 bridgehead atoms.